The van der Waals surface area contributed by atoms with Crippen LogP contribution >= 0.6 is 0 Å². The molecule has 0 radical (unpaired) electrons. The van der Waals surface area contributed by atoms with E-state index in [0.717, 1.165) is 14.2 Å². The van der Waals surface area contributed by atoms with Crippen LogP contribution in [0.5, 0.6) is 0 Å². The lowest BCUT2D eigenvalue weighted by atomic mass is 10.0. The maximum Gasteiger partial charge on any atom is 0.416 e. The lowest BCUT2D eigenvalue weighted by molar-refractivity contribution is -0.148. The molecule has 1 aromatic carbocycles. The predicted octanol–water partition coefficient (Wildman–Crippen LogP) is 3.19. The van der Waals surface area contributed by atoms with Crippen molar-refractivity contribution in [3.8, 4) is 0 Å². The van der Waals surface area contributed by atoms with Gasteiger partial charge in [0.05, 0.1) is 31.3 Å². The van der Waals surface area contributed by atoms with Gasteiger partial charge in [-0.1, -0.05) is 6.92 Å². The zero-order chi connectivity index (χ0) is 22.6. The van der Waals surface area contributed by atoms with E-state index in [9.17, 15) is 40.7 Å². The number of esters is 2. The summed E-state index contributed by atoms with van der Waals surface area (Å²) in [7, 11) is 2.03. The Hall–Kier alpha value is -2.79. The molecule has 2 atom stereocenters. The fourth-order valence-corrected chi connectivity index (χ4v) is 2.33. The van der Waals surface area contributed by atoms with E-state index in [1.54, 1.807) is 0 Å². The molecule has 1 rings (SSSR count). The second kappa shape index (κ2) is 9.14. The Morgan fingerprint density at radius 1 is 0.897 bits per heavy atom. The summed E-state index contributed by atoms with van der Waals surface area (Å²) >= 11 is 0. The Labute approximate surface area is 161 Å². The molecule has 0 aliphatic carbocycles. The van der Waals surface area contributed by atoms with Crippen LogP contribution in [-0.2, 0) is 31.4 Å². The van der Waals surface area contributed by atoms with Gasteiger partial charge >= 0.3 is 24.3 Å². The number of halogens is 6. The Morgan fingerprint density at radius 2 is 1.34 bits per heavy atom. The van der Waals surface area contributed by atoms with Gasteiger partial charge in [0.1, 0.15) is 6.04 Å². The normalized spacial score (nSPS) is 14.0. The van der Waals surface area contributed by atoms with Gasteiger partial charge in [-0.25, -0.2) is 4.79 Å². The lowest BCUT2D eigenvalue weighted by Gasteiger charge is -2.20. The number of methoxy groups -OCH3 is 2. The first-order valence-corrected chi connectivity index (χ1v) is 7.96. The van der Waals surface area contributed by atoms with Crippen molar-refractivity contribution in [2.45, 2.75) is 31.7 Å². The van der Waals surface area contributed by atoms with E-state index in [0.29, 0.717) is 0 Å². The first kappa shape index (κ1) is 24.2. The number of ether oxygens (including phenoxy) is 2. The fraction of sp³-hybridized carbons (Fsp3) is 0.471. The number of amides is 1. The second-order valence-corrected chi connectivity index (χ2v) is 6.00. The first-order chi connectivity index (χ1) is 13.2. The standard InChI is InChI=1S/C17H17F6NO5/c1-8(14(26)28-2)4-12(15(27)29-3)24-13(25)9-5-10(16(18,19)20)7-11(6-9)17(21,22)23/h5-8,12H,4H2,1-3H3,(H,24,25)/t8-,12+/m1/s1. The van der Waals surface area contributed by atoms with E-state index in [1.165, 1.54) is 6.92 Å². The summed E-state index contributed by atoms with van der Waals surface area (Å²) in [4.78, 5) is 35.6. The van der Waals surface area contributed by atoms with Gasteiger partial charge in [-0.2, -0.15) is 26.3 Å². The highest BCUT2D eigenvalue weighted by molar-refractivity contribution is 5.97. The molecule has 0 saturated carbocycles. The van der Waals surface area contributed by atoms with E-state index in [-0.39, 0.29) is 24.6 Å². The van der Waals surface area contributed by atoms with Gasteiger partial charge in [0.2, 0.25) is 0 Å². The average Bonchev–Trinajstić information content (AvgIpc) is 2.63. The number of benzene rings is 1. The van der Waals surface area contributed by atoms with Crippen molar-refractivity contribution >= 4 is 17.8 Å². The van der Waals surface area contributed by atoms with E-state index in [4.69, 9.17) is 0 Å². The molecule has 0 unspecified atom stereocenters. The van der Waals surface area contributed by atoms with Crippen molar-refractivity contribution in [1.82, 2.24) is 5.32 Å². The minimum absolute atomic E-state index is 0.131. The SMILES string of the molecule is COC(=O)[C@H](C)C[C@H](NC(=O)c1cc(C(F)(F)F)cc(C(F)(F)F)c1)C(=O)OC. The highest BCUT2D eigenvalue weighted by Crippen LogP contribution is 2.36. The number of alkyl halides is 6. The third kappa shape index (κ3) is 6.64. The molecule has 29 heavy (non-hydrogen) atoms. The monoisotopic (exact) mass is 429 g/mol. The Bertz CT molecular complexity index is 742. The molecule has 12 heteroatoms. The maximum atomic E-state index is 12.9. The average molecular weight is 429 g/mol. The molecule has 0 aliphatic rings. The minimum atomic E-state index is -5.14. The Morgan fingerprint density at radius 3 is 1.72 bits per heavy atom. The summed E-state index contributed by atoms with van der Waals surface area (Å²) in [5, 5.41) is 2.00. The molecule has 1 N–H and O–H groups in total. The highest BCUT2D eigenvalue weighted by atomic mass is 19.4. The van der Waals surface area contributed by atoms with Gasteiger partial charge in [0.25, 0.3) is 5.91 Å². The molecule has 0 aromatic heterocycles. The third-order valence-corrected chi connectivity index (χ3v) is 3.83. The molecule has 162 valence electrons. The van der Waals surface area contributed by atoms with Crippen molar-refractivity contribution in [3.63, 3.8) is 0 Å². The van der Waals surface area contributed by atoms with Gasteiger partial charge in [0, 0.05) is 5.56 Å². The number of rotatable bonds is 6. The maximum absolute atomic E-state index is 12.9. The minimum Gasteiger partial charge on any atom is -0.469 e. The number of hydrogen-bond acceptors (Lipinski definition) is 5. The smallest absolute Gasteiger partial charge is 0.416 e. The van der Waals surface area contributed by atoms with Gasteiger partial charge in [-0.05, 0) is 24.6 Å². The molecule has 0 bridgehead atoms. The Kier molecular flexibility index (Phi) is 7.64. The number of hydrogen-bond donors (Lipinski definition) is 1. The van der Waals surface area contributed by atoms with E-state index in [2.05, 4.69) is 9.47 Å². The van der Waals surface area contributed by atoms with Crippen LogP contribution in [0, 0.1) is 5.92 Å². The van der Waals surface area contributed by atoms with Crippen LogP contribution in [0.1, 0.15) is 34.8 Å². The zero-order valence-electron chi connectivity index (χ0n) is 15.4. The van der Waals surface area contributed by atoms with Gasteiger partial charge in [0.15, 0.2) is 0 Å². The molecule has 1 aromatic rings. The third-order valence-electron chi connectivity index (χ3n) is 3.83. The summed E-state index contributed by atoms with van der Waals surface area (Å²) in [6.07, 6.45) is -10.6. The fourth-order valence-electron chi connectivity index (χ4n) is 2.33. The molecular weight excluding hydrogens is 412 g/mol. The Balaban J connectivity index is 3.26. The molecule has 0 saturated heterocycles. The van der Waals surface area contributed by atoms with Crippen molar-refractivity contribution in [2.24, 2.45) is 5.92 Å². The van der Waals surface area contributed by atoms with E-state index in [1.807, 2.05) is 5.32 Å². The summed E-state index contributed by atoms with van der Waals surface area (Å²) < 4.78 is 86.4. The van der Waals surface area contributed by atoms with Crippen LogP contribution in [0.25, 0.3) is 0 Å². The van der Waals surface area contributed by atoms with Gasteiger partial charge < -0.3 is 14.8 Å². The molecule has 6 nitrogen and oxygen atoms in total. The van der Waals surface area contributed by atoms with Crippen LogP contribution in [0.3, 0.4) is 0 Å². The summed E-state index contributed by atoms with van der Waals surface area (Å²) in [6, 6.07) is -1.19. The molecule has 0 spiro atoms. The number of carbonyl (C=O) groups excluding carboxylic acids is 3. The molecule has 0 aliphatic heterocycles. The van der Waals surface area contributed by atoms with Crippen molar-refractivity contribution in [2.75, 3.05) is 14.2 Å². The predicted molar refractivity (Wildman–Crippen MR) is 85.5 cm³/mol. The summed E-state index contributed by atoms with van der Waals surface area (Å²) in [5.41, 5.74) is -4.34. The largest absolute Gasteiger partial charge is 0.469 e. The first-order valence-electron chi connectivity index (χ1n) is 7.96. The lowest BCUT2D eigenvalue weighted by Crippen LogP contribution is -2.43. The topological polar surface area (TPSA) is 81.7 Å². The molecular formula is C17H17F6NO5. The van der Waals surface area contributed by atoms with Gasteiger partial charge in [-0.15, -0.1) is 0 Å². The van der Waals surface area contributed by atoms with Crippen LogP contribution < -0.4 is 5.32 Å². The number of nitrogens with one attached hydrogen (secondary N) is 1. The van der Waals surface area contributed by atoms with Crippen molar-refractivity contribution in [3.05, 3.63) is 34.9 Å². The number of carbonyl (C=O) groups is 3. The van der Waals surface area contributed by atoms with Crippen LogP contribution in [0.15, 0.2) is 18.2 Å². The second-order valence-electron chi connectivity index (χ2n) is 6.00. The van der Waals surface area contributed by atoms with E-state index < -0.39 is 58.8 Å². The molecule has 0 heterocycles. The van der Waals surface area contributed by atoms with Crippen LogP contribution in [-0.4, -0.2) is 38.1 Å². The van der Waals surface area contributed by atoms with Crippen molar-refractivity contribution in [1.29, 1.82) is 0 Å². The van der Waals surface area contributed by atoms with E-state index >= 15 is 0 Å². The molecule has 1 amide bonds. The summed E-state index contributed by atoms with van der Waals surface area (Å²) in [6.45, 7) is 1.35. The van der Waals surface area contributed by atoms with Crippen LogP contribution in [0.2, 0.25) is 0 Å². The van der Waals surface area contributed by atoms with Crippen molar-refractivity contribution < 1.29 is 50.2 Å². The highest BCUT2D eigenvalue weighted by Gasteiger charge is 2.38. The van der Waals surface area contributed by atoms with Gasteiger partial charge in [-0.3, -0.25) is 9.59 Å². The summed E-state index contributed by atoms with van der Waals surface area (Å²) in [5.74, 6) is -4.09. The molecule has 0 fully saturated rings. The quantitative estimate of drug-likeness (QED) is 0.555. The zero-order valence-corrected chi connectivity index (χ0v) is 15.4. The van der Waals surface area contributed by atoms with Crippen LogP contribution in [0.4, 0.5) is 26.3 Å².